The summed E-state index contributed by atoms with van der Waals surface area (Å²) in [5.41, 5.74) is 8.20. The number of nitrogens with two attached hydrogens (primary N) is 1. The summed E-state index contributed by atoms with van der Waals surface area (Å²) >= 11 is 1.94. The van der Waals surface area contributed by atoms with E-state index in [-0.39, 0.29) is 6.04 Å². The highest BCUT2D eigenvalue weighted by Crippen LogP contribution is 2.14. The molecule has 0 aromatic heterocycles. The Morgan fingerprint density at radius 3 is 2.53 bits per heavy atom. The van der Waals surface area contributed by atoms with Gasteiger partial charge in [-0.25, -0.2) is 0 Å². The first-order valence-electron chi connectivity index (χ1n) is 5.38. The fourth-order valence-corrected chi connectivity index (χ4v) is 1.85. The van der Waals surface area contributed by atoms with Gasteiger partial charge >= 0.3 is 0 Å². The Balaban J connectivity index is 2.41. The van der Waals surface area contributed by atoms with E-state index in [1.54, 1.807) is 0 Å². The zero-order valence-corrected chi connectivity index (χ0v) is 10.3. The Labute approximate surface area is 96.6 Å². The second-order valence-corrected chi connectivity index (χ2v) is 4.97. The van der Waals surface area contributed by atoms with Gasteiger partial charge < -0.3 is 11.1 Å². The maximum absolute atomic E-state index is 5.67. The lowest BCUT2D eigenvalue weighted by atomic mass is 10.2. The van der Waals surface area contributed by atoms with Crippen molar-refractivity contribution in [3.05, 3.63) is 29.8 Å². The minimum atomic E-state index is 0.195. The van der Waals surface area contributed by atoms with Gasteiger partial charge in [-0.05, 0) is 30.4 Å². The van der Waals surface area contributed by atoms with Crippen LogP contribution in [0.25, 0.3) is 0 Å². The van der Waals surface area contributed by atoms with Gasteiger partial charge in [0.05, 0.1) is 0 Å². The van der Waals surface area contributed by atoms with Crippen LogP contribution in [0.3, 0.4) is 0 Å². The smallest absolute Gasteiger partial charge is 0.0340 e. The summed E-state index contributed by atoms with van der Waals surface area (Å²) in [6.45, 7) is 5.01. The summed E-state index contributed by atoms with van der Waals surface area (Å²) in [7, 11) is 0. The molecule has 1 rings (SSSR count). The molecule has 1 aromatic carbocycles. The van der Waals surface area contributed by atoms with Gasteiger partial charge in [0.15, 0.2) is 0 Å². The summed E-state index contributed by atoms with van der Waals surface area (Å²) in [4.78, 5) is 0. The molecule has 1 aromatic rings. The molecule has 0 aliphatic carbocycles. The van der Waals surface area contributed by atoms with E-state index in [0.29, 0.717) is 0 Å². The molecule has 0 heterocycles. The highest BCUT2D eigenvalue weighted by Gasteiger charge is 1.96. The summed E-state index contributed by atoms with van der Waals surface area (Å²) in [6.07, 6.45) is 0. The van der Waals surface area contributed by atoms with Crippen molar-refractivity contribution in [1.29, 1.82) is 0 Å². The van der Waals surface area contributed by atoms with Gasteiger partial charge in [0, 0.05) is 24.0 Å². The molecule has 0 bridgehead atoms. The van der Waals surface area contributed by atoms with Crippen molar-refractivity contribution in [2.75, 3.05) is 17.6 Å². The summed E-state index contributed by atoms with van der Waals surface area (Å²) in [6, 6.07) is 8.78. The zero-order valence-electron chi connectivity index (χ0n) is 9.49. The molecule has 15 heavy (non-hydrogen) atoms. The Hall–Kier alpha value is -0.670. The average Bonchev–Trinajstić information content (AvgIpc) is 2.25. The average molecular weight is 224 g/mol. The number of nitrogens with one attached hydrogen (secondary N) is 1. The fraction of sp³-hybridized carbons (Fsp3) is 0.500. The van der Waals surface area contributed by atoms with Gasteiger partial charge in [-0.3, -0.25) is 0 Å². The molecule has 3 heteroatoms. The lowest BCUT2D eigenvalue weighted by Crippen LogP contribution is -2.25. The number of thioether (sulfide) groups is 1. The molecule has 2 nitrogen and oxygen atoms in total. The summed E-state index contributed by atoms with van der Waals surface area (Å²) in [5.74, 6) is 2.27. The third kappa shape index (κ3) is 5.09. The SMILES string of the molecule is CCSCc1ccc(NCC(C)N)cc1. The summed E-state index contributed by atoms with van der Waals surface area (Å²) < 4.78 is 0. The fourth-order valence-electron chi connectivity index (χ4n) is 1.22. The topological polar surface area (TPSA) is 38.0 Å². The van der Waals surface area contributed by atoms with Gasteiger partial charge in [0.25, 0.3) is 0 Å². The molecule has 1 atom stereocenters. The molecule has 0 saturated carbocycles. The molecule has 84 valence electrons. The maximum atomic E-state index is 5.67. The van der Waals surface area contributed by atoms with Crippen LogP contribution >= 0.6 is 11.8 Å². The zero-order chi connectivity index (χ0) is 11.1. The maximum Gasteiger partial charge on any atom is 0.0340 e. The van der Waals surface area contributed by atoms with Crippen LogP contribution in [0.2, 0.25) is 0 Å². The first-order chi connectivity index (χ1) is 7.22. The number of anilines is 1. The van der Waals surface area contributed by atoms with E-state index in [2.05, 4.69) is 36.5 Å². The normalized spacial score (nSPS) is 12.5. The molecule has 0 aliphatic rings. The lowest BCUT2D eigenvalue weighted by molar-refractivity contribution is 0.780. The van der Waals surface area contributed by atoms with Crippen LogP contribution in [0, 0.1) is 0 Å². The Morgan fingerprint density at radius 2 is 2.00 bits per heavy atom. The highest BCUT2D eigenvalue weighted by atomic mass is 32.2. The van der Waals surface area contributed by atoms with Crippen LogP contribution in [-0.2, 0) is 5.75 Å². The molecular weight excluding hydrogens is 204 g/mol. The van der Waals surface area contributed by atoms with E-state index in [4.69, 9.17) is 5.73 Å². The van der Waals surface area contributed by atoms with Gasteiger partial charge in [-0.2, -0.15) is 11.8 Å². The quantitative estimate of drug-likeness (QED) is 0.780. The second kappa shape index (κ2) is 6.75. The molecule has 0 spiro atoms. The molecule has 0 aliphatic heterocycles. The van der Waals surface area contributed by atoms with Crippen LogP contribution in [0.1, 0.15) is 19.4 Å². The Bertz CT molecular complexity index is 269. The Kier molecular flexibility index (Phi) is 5.58. The van der Waals surface area contributed by atoms with Gasteiger partial charge in [-0.15, -0.1) is 0 Å². The number of rotatable bonds is 6. The van der Waals surface area contributed by atoms with Gasteiger partial charge in [-0.1, -0.05) is 19.1 Å². The van der Waals surface area contributed by atoms with Crippen LogP contribution < -0.4 is 11.1 Å². The van der Waals surface area contributed by atoms with Gasteiger partial charge in [0.2, 0.25) is 0 Å². The second-order valence-electron chi connectivity index (χ2n) is 3.69. The standard InChI is InChI=1S/C12H20N2S/c1-3-15-9-11-4-6-12(7-5-11)14-8-10(2)13/h4-7,10,14H,3,8-9,13H2,1-2H3. The predicted molar refractivity (Wildman–Crippen MR) is 70.4 cm³/mol. The molecule has 0 radical (unpaired) electrons. The lowest BCUT2D eigenvalue weighted by Gasteiger charge is -2.09. The molecule has 0 amide bonds. The molecule has 0 fully saturated rings. The van der Waals surface area contributed by atoms with Gasteiger partial charge in [0.1, 0.15) is 0 Å². The molecule has 0 saturated heterocycles. The van der Waals surface area contributed by atoms with Crippen molar-refractivity contribution in [3.8, 4) is 0 Å². The third-order valence-electron chi connectivity index (χ3n) is 2.05. The van der Waals surface area contributed by atoms with E-state index >= 15 is 0 Å². The number of benzene rings is 1. The highest BCUT2D eigenvalue weighted by molar-refractivity contribution is 7.98. The van der Waals surface area contributed by atoms with Crippen LogP contribution in [0.15, 0.2) is 24.3 Å². The van der Waals surface area contributed by atoms with E-state index < -0.39 is 0 Å². The third-order valence-corrected chi connectivity index (χ3v) is 3.00. The van der Waals surface area contributed by atoms with Crippen molar-refractivity contribution in [1.82, 2.24) is 0 Å². The van der Waals surface area contributed by atoms with Crippen LogP contribution in [-0.4, -0.2) is 18.3 Å². The van der Waals surface area contributed by atoms with E-state index in [1.165, 1.54) is 11.3 Å². The minimum absolute atomic E-state index is 0.195. The van der Waals surface area contributed by atoms with Crippen LogP contribution in [0.4, 0.5) is 5.69 Å². The molecule has 1 unspecified atom stereocenters. The van der Waals surface area contributed by atoms with Crippen molar-refractivity contribution in [3.63, 3.8) is 0 Å². The number of hydrogen-bond donors (Lipinski definition) is 2. The first-order valence-corrected chi connectivity index (χ1v) is 6.54. The van der Waals surface area contributed by atoms with Crippen LogP contribution in [0.5, 0.6) is 0 Å². The molecule has 3 N–H and O–H groups in total. The monoisotopic (exact) mass is 224 g/mol. The molecular formula is C12H20N2S. The Morgan fingerprint density at radius 1 is 1.33 bits per heavy atom. The first kappa shape index (κ1) is 12.4. The predicted octanol–water partition coefficient (Wildman–Crippen LogP) is 2.70. The largest absolute Gasteiger partial charge is 0.383 e. The van der Waals surface area contributed by atoms with E-state index in [9.17, 15) is 0 Å². The van der Waals surface area contributed by atoms with E-state index in [0.717, 1.165) is 18.0 Å². The van der Waals surface area contributed by atoms with Crippen molar-refractivity contribution in [2.45, 2.75) is 25.6 Å². The van der Waals surface area contributed by atoms with E-state index in [1.807, 2.05) is 18.7 Å². The van der Waals surface area contributed by atoms with Crippen molar-refractivity contribution < 1.29 is 0 Å². The summed E-state index contributed by atoms with van der Waals surface area (Å²) in [5, 5.41) is 3.30. The number of hydrogen-bond acceptors (Lipinski definition) is 3. The minimum Gasteiger partial charge on any atom is -0.383 e. The van der Waals surface area contributed by atoms with Crippen molar-refractivity contribution in [2.24, 2.45) is 5.73 Å². The van der Waals surface area contributed by atoms with Crippen molar-refractivity contribution >= 4 is 17.4 Å².